The molecule has 8 aromatic carbocycles. The third-order valence-electron chi connectivity index (χ3n) is 10.8. The van der Waals surface area contributed by atoms with Gasteiger partial charge in [0.05, 0.1) is 16.4 Å². The number of hydrogen-bond acceptors (Lipinski definition) is 4. The summed E-state index contributed by atoms with van der Waals surface area (Å²) in [5.41, 5.74) is 9.07. The van der Waals surface area contributed by atoms with Gasteiger partial charge >= 0.3 is 0 Å². The van der Waals surface area contributed by atoms with Crippen molar-refractivity contribution in [2.45, 2.75) is 0 Å². The van der Waals surface area contributed by atoms with E-state index in [9.17, 15) is 0 Å². The molecular weight excluding hydrogens is 651 g/mol. The number of furan rings is 2. The molecule has 246 valence electrons. The van der Waals surface area contributed by atoms with Gasteiger partial charge in [-0.25, -0.2) is 9.97 Å². The summed E-state index contributed by atoms with van der Waals surface area (Å²) in [6, 6.07) is 57.2. The van der Waals surface area contributed by atoms with E-state index in [0.29, 0.717) is 17.2 Å². The first kappa shape index (κ1) is 28.5. The molecule has 12 rings (SSSR count). The quantitative estimate of drug-likeness (QED) is 0.187. The van der Waals surface area contributed by atoms with Gasteiger partial charge in [-0.05, 0) is 51.4 Å². The molecule has 0 fully saturated rings. The largest absolute Gasteiger partial charge is 0.455 e. The fourth-order valence-electron chi connectivity index (χ4n) is 8.42. The van der Waals surface area contributed by atoms with Crippen LogP contribution in [0.25, 0.3) is 116 Å². The third-order valence-corrected chi connectivity index (χ3v) is 10.8. The molecule has 0 amide bonds. The summed E-state index contributed by atoms with van der Waals surface area (Å²) in [6.07, 6.45) is 0. The van der Waals surface area contributed by atoms with Gasteiger partial charge in [-0.2, -0.15) is 0 Å². The van der Waals surface area contributed by atoms with Crippen LogP contribution in [0.15, 0.2) is 173 Å². The highest BCUT2D eigenvalue weighted by atomic mass is 16.3. The van der Waals surface area contributed by atoms with Crippen LogP contribution in [-0.4, -0.2) is 14.5 Å². The Bertz CT molecular complexity index is 3460. The van der Waals surface area contributed by atoms with Crippen LogP contribution in [0.4, 0.5) is 0 Å². The number of rotatable bonds is 3. The average molecular weight is 678 g/mol. The van der Waals surface area contributed by atoms with E-state index < -0.39 is 0 Å². The van der Waals surface area contributed by atoms with Gasteiger partial charge in [-0.3, -0.25) is 4.57 Å². The molecule has 53 heavy (non-hydrogen) atoms. The predicted molar refractivity (Wildman–Crippen MR) is 217 cm³/mol. The van der Waals surface area contributed by atoms with Crippen LogP contribution in [0, 0.1) is 0 Å². The molecule has 0 N–H and O–H groups in total. The minimum Gasteiger partial charge on any atom is -0.455 e. The molecule has 0 radical (unpaired) electrons. The zero-order valence-electron chi connectivity index (χ0n) is 28.2. The first-order valence-electron chi connectivity index (χ1n) is 17.8. The molecule has 0 saturated carbocycles. The van der Waals surface area contributed by atoms with E-state index in [4.69, 9.17) is 18.8 Å². The van der Waals surface area contributed by atoms with Crippen molar-refractivity contribution in [2.75, 3.05) is 0 Å². The van der Waals surface area contributed by atoms with E-state index in [1.165, 1.54) is 16.2 Å². The van der Waals surface area contributed by atoms with Crippen LogP contribution < -0.4 is 0 Å². The SMILES string of the molecule is c1ccc(-c2nc(-n3c4cc(-c5cccc6c5oc5ccccc56)ccc4c4c5ccccc5ccc43)c3oc4ccc5ccccc5c4c3n2)cc1. The number of aromatic nitrogens is 3. The molecular formula is C48H27N3O2. The van der Waals surface area contributed by atoms with Crippen molar-refractivity contribution < 1.29 is 8.83 Å². The highest BCUT2D eigenvalue weighted by Gasteiger charge is 2.24. The van der Waals surface area contributed by atoms with E-state index in [2.05, 4.69) is 138 Å². The van der Waals surface area contributed by atoms with Crippen molar-refractivity contribution >= 4 is 87.4 Å². The van der Waals surface area contributed by atoms with Gasteiger partial charge in [-0.15, -0.1) is 0 Å². The normalized spacial score (nSPS) is 12.2. The summed E-state index contributed by atoms with van der Waals surface area (Å²) >= 11 is 0. The summed E-state index contributed by atoms with van der Waals surface area (Å²) in [7, 11) is 0. The number of nitrogens with zero attached hydrogens (tertiary/aromatic N) is 3. The maximum atomic E-state index is 6.84. The second-order valence-electron chi connectivity index (χ2n) is 13.7. The second kappa shape index (κ2) is 10.6. The molecule has 5 heteroatoms. The highest BCUT2D eigenvalue weighted by Crippen LogP contribution is 2.43. The molecule has 0 bridgehead atoms. The Hall–Kier alpha value is -7.24. The molecule has 0 aliphatic rings. The van der Waals surface area contributed by atoms with Gasteiger partial charge in [0, 0.05) is 32.7 Å². The molecule has 4 heterocycles. The van der Waals surface area contributed by atoms with Crippen molar-refractivity contribution in [3.8, 4) is 28.3 Å². The Morgan fingerprint density at radius 3 is 1.96 bits per heavy atom. The Morgan fingerprint density at radius 1 is 0.415 bits per heavy atom. The molecule has 0 spiro atoms. The highest BCUT2D eigenvalue weighted by molar-refractivity contribution is 6.23. The lowest BCUT2D eigenvalue weighted by molar-refractivity contribution is 0.662. The van der Waals surface area contributed by atoms with E-state index >= 15 is 0 Å². The summed E-state index contributed by atoms with van der Waals surface area (Å²) in [6.45, 7) is 0. The molecule has 0 saturated heterocycles. The van der Waals surface area contributed by atoms with Crippen LogP contribution in [0.1, 0.15) is 0 Å². The summed E-state index contributed by atoms with van der Waals surface area (Å²) in [5.74, 6) is 1.34. The van der Waals surface area contributed by atoms with Crippen molar-refractivity contribution in [1.82, 2.24) is 14.5 Å². The Balaban J connectivity index is 1.24. The number of hydrogen-bond donors (Lipinski definition) is 0. The van der Waals surface area contributed by atoms with E-state index in [1.807, 2.05) is 30.3 Å². The number of benzene rings is 8. The second-order valence-corrected chi connectivity index (χ2v) is 13.7. The average Bonchev–Trinajstić information content (AvgIpc) is 3.90. The molecule has 0 unspecified atom stereocenters. The lowest BCUT2D eigenvalue weighted by Gasteiger charge is -2.11. The fourth-order valence-corrected chi connectivity index (χ4v) is 8.42. The topological polar surface area (TPSA) is 57.0 Å². The Morgan fingerprint density at radius 2 is 1.11 bits per heavy atom. The first-order valence-corrected chi connectivity index (χ1v) is 17.8. The summed E-state index contributed by atoms with van der Waals surface area (Å²) in [5, 5.41) is 10.1. The van der Waals surface area contributed by atoms with Crippen LogP contribution in [-0.2, 0) is 0 Å². The maximum Gasteiger partial charge on any atom is 0.197 e. The standard InChI is InChI=1S/C48H27N3O2/c1-2-13-30(14-3-1)47-49-44-43-33-16-7-5-12-29(33)23-26-41(43)53-46(44)48(50-47)51-38-25-22-28-11-4-6-15-32(28)42(38)37-24-21-31(27-39(37)51)34-18-10-19-36-35-17-8-9-20-40(35)52-45(34)36/h1-27H. The van der Waals surface area contributed by atoms with Crippen molar-refractivity contribution in [3.05, 3.63) is 164 Å². The molecule has 0 aliphatic heterocycles. The van der Waals surface area contributed by atoms with Crippen LogP contribution >= 0.6 is 0 Å². The lowest BCUT2D eigenvalue weighted by Crippen LogP contribution is -2.02. The van der Waals surface area contributed by atoms with E-state index in [-0.39, 0.29) is 0 Å². The predicted octanol–water partition coefficient (Wildman–Crippen LogP) is 13.0. The summed E-state index contributed by atoms with van der Waals surface area (Å²) < 4.78 is 15.6. The first-order chi connectivity index (χ1) is 26.3. The van der Waals surface area contributed by atoms with Gasteiger partial charge in [0.1, 0.15) is 22.3 Å². The smallest absolute Gasteiger partial charge is 0.197 e. The van der Waals surface area contributed by atoms with E-state index in [1.54, 1.807) is 0 Å². The fraction of sp³-hybridized carbons (Fsp3) is 0. The minimum atomic E-state index is 0.641. The Labute approximate surface area is 302 Å². The van der Waals surface area contributed by atoms with Crippen LogP contribution in [0.5, 0.6) is 0 Å². The lowest BCUT2D eigenvalue weighted by atomic mass is 9.99. The van der Waals surface area contributed by atoms with E-state index in [0.717, 1.165) is 82.3 Å². The molecule has 0 atom stereocenters. The van der Waals surface area contributed by atoms with Gasteiger partial charge in [0.2, 0.25) is 0 Å². The third kappa shape index (κ3) is 4.02. The number of para-hydroxylation sites is 2. The Kier molecular flexibility index (Phi) is 5.71. The zero-order chi connectivity index (χ0) is 34.6. The van der Waals surface area contributed by atoms with Crippen LogP contribution in [0.2, 0.25) is 0 Å². The van der Waals surface area contributed by atoms with Crippen molar-refractivity contribution in [3.63, 3.8) is 0 Å². The van der Waals surface area contributed by atoms with Gasteiger partial charge < -0.3 is 8.83 Å². The monoisotopic (exact) mass is 677 g/mol. The molecule has 12 aromatic rings. The molecule has 0 aliphatic carbocycles. The van der Waals surface area contributed by atoms with Crippen molar-refractivity contribution in [2.24, 2.45) is 0 Å². The summed E-state index contributed by atoms with van der Waals surface area (Å²) in [4.78, 5) is 10.6. The number of fused-ring (bicyclic) bond motifs is 13. The minimum absolute atomic E-state index is 0.641. The zero-order valence-corrected chi connectivity index (χ0v) is 28.2. The van der Waals surface area contributed by atoms with Gasteiger partial charge in [0.15, 0.2) is 17.2 Å². The van der Waals surface area contributed by atoms with Gasteiger partial charge in [0.25, 0.3) is 0 Å². The van der Waals surface area contributed by atoms with Gasteiger partial charge in [-0.1, -0.05) is 140 Å². The maximum absolute atomic E-state index is 6.84. The van der Waals surface area contributed by atoms with Crippen LogP contribution in [0.3, 0.4) is 0 Å². The molecule has 4 aromatic heterocycles. The molecule has 5 nitrogen and oxygen atoms in total. The van der Waals surface area contributed by atoms with Crippen molar-refractivity contribution in [1.29, 1.82) is 0 Å².